The molecule has 2 heterocycles. The van der Waals surface area contributed by atoms with Crippen LogP contribution in [0, 0.1) is 6.92 Å². The van der Waals surface area contributed by atoms with Crippen LogP contribution in [0.15, 0.2) is 12.4 Å². The summed E-state index contributed by atoms with van der Waals surface area (Å²) in [4.78, 5) is 0. The van der Waals surface area contributed by atoms with Gasteiger partial charge in [0.05, 0.1) is 23.7 Å². The second-order valence-electron chi connectivity index (χ2n) is 6.23. The largest absolute Gasteiger partial charge is 0.436 e. The maximum Gasteiger partial charge on any atom is 0.222 e. The van der Waals surface area contributed by atoms with Crippen molar-refractivity contribution < 1.29 is 4.74 Å². The molecule has 6 heteroatoms. The number of hydrogen-bond acceptors (Lipinski definition) is 4. The molecule has 0 bridgehead atoms. The summed E-state index contributed by atoms with van der Waals surface area (Å²) in [6.07, 6.45) is 3.62. The fourth-order valence-corrected chi connectivity index (χ4v) is 2.05. The molecular weight excluding hydrogens is 266 g/mol. The van der Waals surface area contributed by atoms with Gasteiger partial charge in [-0.25, -0.2) is 4.68 Å². The number of rotatable bonds is 5. The number of hydrogen-bond donors (Lipinski definition) is 1. The minimum absolute atomic E-state index is 0.0483. The lowest BCUT2D eigenvalue weighted by Gasteiger charge is -2.20. The molecule has 0 spiro atoms. The van der Waals surface area contributed by atoms with Crippen LogP contribution in [0.2, 0.25) is 0 Å². The van der Waals surface area contributed by atoms with E-state index in [1.807, 2.05) is 31.8 Å². The van der Waals surface area contributed by atoms with Gasteiger partial charge in [-0.15, -0.1) is 0 Å². The first kappa shape index (κ1) is 15.6. The summed E-state index contributed by atoms with van der Waals surface area (Å²) in [5.74, 6) is 1.50. The Kier molecular flexibility index (Phi) is 4.37. The Morgan fingerprint density at radius 3 is 2.62 bits per heavy atom. The van der Waals surface area contributed by atoms with Gasteiger partial charge < -0.3 is 10.1 Å². The maximum absolute atomic E-state index is 5.99. The van der Waals surface area contributed by atoms with Crippen molar-refractivity contribution in [3.8, 4) is 11.6 Å². The van der Waals surface area contributed by atoms with Crippen molar-refractivity contribution in [1.82, 2.24) is 24.9 Å². The molecule has 21 heavy (non-hydrogen) atoms. The summed E-state index contributed by atoms with van der Waals surface area (Å²) in [6, 6.07) is 0. The van der Waals surface area contributed by atoms with Gasteiger partial charge in [0.1, 0.15) is 0 Å². The molecule has 0 atom stereocenters. The van der Waals surface area contributed by atoms with E-state index in [0.29, 0.717) is 0 Å². The fraction of sp³-hybridized carbons (Fsp3) is 0.600. The monoisotopic (exact) mass is 291 g/mol. The molecule has 0 saturated carbocycles. The molecule has 0 unspecified atom stereocenters. The lowest BCUT2D eigenvalue weighted by Crippen LogP contribution is -2.35. The summed E-state index contributed by atoms with van der Waals surface area (Å²) in [5.41, 5.74) is 2.11. The van der Waals surface area contributed by atoms with E-state index >= 15 is 0 Å². The molecule has 2 aromatic heterocycles. The van der Waals surface area contributed by atoms with E-state index in [-0.39, 0.29) is 5.54 Å². The quantitative estimate of drug-likeness (QED) is 0.920. The van der Waals surface area contributed by atoms with Crippen molar-refractivity contribution in [3.05, 3.63) is 23.7 Å². The van der Waals surface area contributed by atoms with Crippen LogP contribution in [0.4, 0.5) is 0 Å². The van der Waals surface area contributed by atoms with Crippen molar-refractivity contribution in [2.45, 2.75) is 53.2 Å². The summed E-state index contributed by atoms with van der Waals surface area (Å²) in [7, 11) is 1.90. The van der Waals surface area contributed by atoms with Gasteiger partial charge in [-0.3, -0.25) is 4.68 Å². The summed E-state index contributed by atoms with van der Waals surface area (Å²) in [6.45, 7) is 12.0. The van der Waals surface area contributed by atoms with Crippen LogP contribution >= 0.6 is 0 Å². The lowest BCUT2D eigenvalue weighted by atomic mass is 10.1. The van der Waals surface area contributed by atoms with Crippen LogP contribution in [-0.2, 0) is 20.1 Å². The van der Waals surface area contributed by atoms with Gasteiger partial charge in [-0.2, -0.15) is 10.2 Å². The third kappa shape index (κ3) is 3.85. The molecule has 0 aliphatic carbocycles. The van der Waals surface area contributed by atoms with Gasteiger partial charge in [-0.05, 0) is 34.6 Å². The van der Waals surface area contributed by atoms with Crippen molar-refractivity contribution in [3.63, 3.8) is 0 Å². The van der Waals surface area contributed by atoms with Crippen LogP contribution < -0.4 is 10.1 Å². The van der Waals surface area contributed by atoms with Gasteiger partial charge in [0, 0.05) is 25.7 Å². The minimum Gasteiger partial charge on any atom is -0.436 e. The maximum atomic E-state index is 5.99. The Morgan fingerprint density at radius 1 is 1.33 bits per heavy atom. The fourth-order valence-electron chi connectivity index (χ4n) is 2.05. The van der Waals surface area contributed by atoms with E-state index in [4.69, 9.17) is 4.74 Å². The van der Waals surface area contributed by atoms with Crippen molar-refractivity contribution >= 4 is 0 Å². The Bertz CT molecular complexity index is 606. The van der Waals surface area contributed by atoms with Gasteiger partial charge >= 0.3 is 0 Å². The minimum atomic E-state index is 0.0483. The highest BCUT2D eigenvalue weighted by Crippen LogP contribution is 2.27. The normalized spacial score (nSPS) is 11.9. The summed E-state index contributed by atoms with van der Waals surface area (Å²) in [5, 5.41) is 12.2. The average Bonchev–Trinajstić information content (AvgIpc) is 2.93. The van der Waals surface area contributed by atoms with Crippen molar-refractivity contribution in [2.24, 2.45) is 7.05 Å². The first-order valence-electron chi connectivity index (χ1n) is 7.28. The SMILES string of the molecule is CCn1cc(Oc2c(CNC(C)(C)C)c(C)nn2C)cn1. The van der Waals surface area contributed by atoms with E-state index in [2.05, 4.69) is 36.3 Å². The van der Waals surface area contributed by atoms with E-state index in [0.717, 1.165) is 36.0 Å². The molecule has 2 rings (SSSR count). The van der Waals surface area contributed by atoms with E-state index in [1.165, 1.54) is 0 Å². The zero-order valence-corrected chi connectivity index (χ0v) is 13.8. The number of nitrogens with zero attached hydrogens (tertiary/aromatic N) is 4. The Balaban J connectivity index is 2.21. The predicted octanol–water partition coefficient (Wildman–Crippen LogP) is 2.63. The zero-order chi connectivity index (χ0) is 15.6. The molecule has 116 valence electrons. The molecule has 0 amide bonds. The molecule has 0 aliphatic rings. The Labute approximate surface area is 126 Å². The zero-order valence-electron chi connectivity index (χ0n) is 13.8. The summed E-state index contributed by atoms with van der Waals surface area (Å²) < 4.78 is 9.60. The average molecular weight is 291 g/mol. The molecular formula is C15H25N5O. The van der Waals surface area contributed by atoms with Gasteiger partial charge in [0.25, 0.3) is 0 Å². The third-order valence-corrected chi connectivity index (χ3v) is 3.23. The molecule has 1 N–H and O–H groups in total. The predicted molar refractivity (Wildman–Crippen MR) is 82.5 cm³/mol. The van der Waals surface area contributed by atoms with Crippen molar-refractivity contribution in [1.29, 1.82) is 0 Å². The molecule has 0 aliphatic heterocycles. The van der Waals surface area contributed by atoms with Gasteiger partial charge in [0.2, 0.25) is 5.88 Å². The van der Waals surface area contributed by atoms with E-state index in [9.17, 15) is 0 Å². The Morgan fingerprint density at radius 2 is 2.05 bits per heavy atom. The second kappa shape index (κ2) is 5.89. The second-order valence-corrected chi connectivity index (χ2v) is 6.23. The highest BCUT2D eigenvalue weighted by atomic mass is 16.5. The third-order valence-electron chi connectivity index (χ3n) is 3.23. The van der Waals surface area contributed by atoms with Crippen LogP contribution in [-0.4, -0.2) is 25.1 Å². The highest BCUT2D eigenvalue weighted by Gasteiger charge is 2.18. The van der Waals surface area contributed by atoms with E-state index in [1.54, 1.807) is 10.9 Å². The molecule has 2 aromatic rings. The molecule has 0 aromatic carbocycles. The number of nitrogens with one attached hydrogen (secondary N) is 1. The first-order chi connectivity index (χ1) is 9.80. The molecule has 6 nitrogen and oxygen atoms in total. The van der Waals surface area contributed by atoms with Crippen LogP contribution in [0.1, 0.15) is 39.0 Å². The lowest BCUT2D eigenvalue weighted by molar-refractivity contribution is 0.401. The van der Waals surface area contributed by atoms with Gasteiger partial charge in [0.15, 0.2) is 5.75 Å². The van der Waals surface area contributed by atoms with Crippen LogP contribution in [0.3, 0.4) is 0 Å². The number of aromatic nitrogens is 4. The first-order valence-corrected chi connectivity index (χ1v) is 7.28. The number of ether oxygens (including phenoxy) is 1. The molecule has 0 radical (unpaired) electrons. The highest BCUT2D eigenvalue weighted by molar-refractivity contribution is 5.34. The smallest absolute Gasteiger partial charge is 0.222 e. The van der Waals surface area contributed by atoms with Crippen molar-refractivity contribution in [2.75, 3.05) is 0 Å². The van der Waals surface area contributed by atoms with Gasteiger partial charge in [-0.1, -0.05) is 0 Å². The summed E-state index contributed by atoms with van der Waals surface area (Å²) >= 11 is 0. The standard InChI is InChI=1S/C15H25N5O/c1-7-20-10-12(8-17-20)21-14-13(9-16-15(3,4)5)11(2)18-19(14)6/h8,10,16H,7,9H2,1-6H3. The Hall–Kier alpha value is -1.82. The van der Waals surface area contributed by atoms with Crippen LogP contribution in [0.5, 0.6) is 11.6 Å². The molecule has 0 fully saturated rings. The topological polar surface area (TPSA) is 56.9 Å². The number of aryl methyl sites for hydroxylation is 3. The van der Waals surface area contributed by atoms with Crippen LogP contribution in [0.25, 0.3) is 0 Å². The molecule has 0 saturated heterocycles. The van der Waals surface area contributed by atoms with E-state index < -0.39 is 0 Å².